The van der Waals surface area contributed by atoms with Crippen LogP contribution in [0.25, 0.3) is 0 Å². The van der Waals surface area contributed by atoms with Crippen molar-refractivity contribution in [1.82, 2.24) is 0 Å². The summed E-state index contributed by atoms with van der Waals surface area (Å²) in [6.45, 7) is 2.83. The predicted molar refractivity (Wildman–Crippen MR) is 139 cm³/mol. The van der Waals surface area contributed by atoms with Crippen LogP contribution in [0.15, 0.2) is 72.8 Å². The highest BCUT2D eigenvalue weighted by Crippen LogP contribution is 2.43. The average Bonchev–Trinajstić information content (AvgIpc) is 2.88. The van der Waals surface area contributed by atoms with E-state index in [-0.39, 0.29) is 30.5 Å². The minimum Gasteiger partial charge on any atom is -0.497 e. The summed E-state index contributed by atoms with van der Waals surface area (Å²) in [5.41, 5.74) is 2.71. The zero-order chi connectivity index (χ0) is 25.8. The Hall–Kier alpha value is -3.84. The molecule has 0 bridgehead atoms. The van der Waals surface area contributed by atoms with Crippen molar-refractivity contribution in [3.8, 4) is 5.75 Å². The van der Waals surface area contributed by atoms with Gasteiger partial charge in [-0.05, 0) is 73.5 Å². The lowest BCUT2D eigenvalue weighted by Crippen LogP contribution is -2.48. The second-order valence-corrected chi connectivity index (χ2v) is 9.02. The number of carbonyl (C=O) groups is 3. The summed E-state index contributed by atoms with van der Waals surface area (Å²) < 4.78 is 10.3. The third-order valence-corrected chi connectivity index (χ3v) is 6.45. The number of anilines is 2. The molecule has 0 radical (unpaired) electrons. The summed E-state index contributed by atoms with van der Waals surface area (Å²) in [6.07, 6.45) is 0.480. The van der Waals surface area contributed by atoms with Gasteiger partial charge in [0.2, 0.25) is 0 Å². The third-order valence-electron chi connectivity index (χ3n) is 6.20. The lowest BCUT2D eigenvalue weighted by atomic mass is 9.89. The number of nitrogens with zero attached hydrogens (tertiary/aromatic N) is 2. The highest BCUT2D eigenvalue weighted by molar-refractivity contribution is 6.30. The first-order valence-electron chi connectivity index (χ1n) is 11.6. The summed E-state index contributed by atoms with van der Waals surface area (Å²) >= 11 is 6.10. The van der Waals surface area contributed by atoms with Crippen LogP contribution >= 0.6 is 11.6 Å². The first kappa shape index (κ1) is 25.3. The Kier molecular flexibility index (Phi) is 7.60. The summed E-state index contributed by atoms with van der Waals surface area (Å²) in [4.78, 5) is 41.8. The minimum absolute atomic E-state index is 0.139. The van der Waals surface area contributed by atoms with Crippen LogP contribution in [0.5, 0.6) is 5.75 Å². The van der Waals surface area contributed by atoms with E-state index >= 15 is 0 Å². The molecule has 0 fully saturated rings. The van der Waals surface area contributed by atoms with Crippen molar-refractivity contribution < 1.29 is 23.9 Å². The Labute approximate surface area is 215 Å². The van der Waals surface area contributed by atoms with E-state index in [0.29, 0.717) is 28.4 Å². The highest BCUT2D eigenvalue weighted by atomic mass is 35.5. The fourth-order valence-corrected chi connectivity index (χ4v) is 4.67. The Morgan fingerprint density at radius 3 is 2.31 bits per heavy atom. The zero-order valence-corrected chi connectivity index (χ0v) is 21.1. The molecular weight excluding hydrogens is 480 g/mol. The van der Waals surface area contributed by atoms with Crippen molar-refractivity contribution in [3.63, 3.8) is 0 Å². The molecule has 0 aliphatic carbocycles. The van der Waals surface area contributed by atoms with E-state index in [2.05, 4.69) is 0 Å². The number of hydrogen-bond acceptors (Lipinski definition) is 5. The van der Waals surface area contributed by atoms with Gasteiger partial charge < -0.3 is 19.3 Å². The van der Waals surface area contributed by atoms with E-state index in [9.17, 15) is 14.4 Å². The van der Waals surface area contributed by atoms with E-state index in [1.54, 1.807) is 65.4 Å². The van der Waals surface area contributed by atoms with Crippen LogP contribution in [0.1, 0.15) is 42.2 Å². The first-order chi connectivity index (χ1) is 17.3. The van der Waals surface area contributed by atoms with Gasteiger partial charge in [0.15, 0.2) is 6.61 Å². The van der Waals surface area contributed by atoms with Crippen LogP contribution in [-0.2, 0) is 14.3 Å². The topological polar surface area (TPSA) is 76.2 Å². The van der Waals surface area contributed by atoms with Gasteiger partial charge in [0.05, 0.1) is 13.2 Å². The summed E-state index contributed by atoms with van der Waals surface area (Å²) in [6, 6.07) is 20.9. The summed E-state index contributed by atoms with van der Waals surface area (Å²) in [7, 11) is 1.58. The first-order valence-corrected chi connectivity index (χ1v) is 12.0. The number of ether oxygens (including phenoxy) is 2. The number of esters is 1. The van der Waals surface area contributed by atoms with Gasteiger partial charge in [-0.25, -0.2) is 0 Å². The fraction of sp³-hybridized carbons (Fsp3) is 0.250. The van der Waals surface area contributed by atoms with Gasteiger partial charge in [-0.1, -0.05) is 29.8 Å². The maximum absolute atomic E-state index is 13.6. The van der Waals surface area contributed by atoms with Crippen LogP contribution in [-0.4, -0.2) is 37.5 Å². The number of halogens is 1. The molecule has 0 aromatic heterocycles. The number of methoxy groups -OCH3 is 1. The Morgan fingerprint density at radius 1 is 1.00 bits per heavy atom. The maximum Gasteiger partial charge on any atom is 0.303 e. The van der Waals surface area contributed by atoms with Crippen LogP contribution in [0.3, 0.4) is 0 Å². The standard InChI is InChI=1S/C28H27ClN2O5/c1-18-16-26(31(27(33)17-36-19(2)32)22-12-10-21(29)11-13-22)24-6-4-5-7-25(24)30(18)28(34)20-8-14-23(35-3)15-9-20/h4-15,18,26H,16-17H2,1-3H3/t18-,26-/m1/s1. The number of carbonyl (C=O) groups excluding carboxylic acids is 3. The second-order valence-electron chi connectivity index (χ2n) is 8.58. The van der Waals surface area contributed by atoms with Crippen LogP contribution < -0.4 is 14.5 Å². The SMILES string of the molecule is COc1ccc(C(=O)N2c3ccccc3[C@H](N(C(=O)COC(C)=O)c3ccc(Cl)cc3)C[C@H]2C)cc1. The molecule has 3 aromatic rings. The normalized spacial score (nSPS) is 16.6. The van der Waals surface area contributed by atoms with Crippen molar-refractivity contribution in [3.05, 3.63) is 88.9 Å². The molecule has 36 heavy (non-hydrogen) atoms. The van der Waals surface area contributed by atoms with Gasteiger partial charge in [0.25, 0.3) is 11.8 Å². The van der Waals surface area contributed by atoms with Crippen molar-refractivity contribution in [1.29, 1.82) is 0 Å². The lowest BCUT2D eigenvalue weighted by molar-refractivity contribution is -0.145. The van der Waals surface area contributed by atoms with Crippen LogP contribution in [0.4, 0.5) is 11.4 Å². The predicted octanol–water partition coefficient (Wildman–Crippen LogP) is 5.43. The molecule has 7 nitrogen and oxygen atoms in total. The van der Waals surface area contributed by atoms with E-state index in [1.165, 1.54) is 6.92 Å². The van der Waals surface area contributed by atoms with Crippen LogP contribution in [0.2, 0.25) is 5.02 Å². The zero-order valence-electron chi connectivity index (χ0n) is 20.3. The average molecular weight is 507 g/mol. The molecule has 0 spiro atoms. The van der Waals surface area contributed by atoms with Crippen molar-refractivity contribution in [2.75, 3.05) is 23.5 Å². The Bertz CT molecular complexity index is 1260. The maximum atomic E-state index is 13.6. The van der Waals surface area contributed by atoms with Crippen molar-refractivity contribution >= 4 is 40.8 Å². The molecular formula is C28H27ClN2O5. The summed E-state index contributed by atoms with van der Waals surface area (Å²) in [5, 5.41) is 0.541. The van der Waals surface area contributed by atoms with E-state index in [0.717, 1.165) is 11.3 Å². The van der Waals surface area contributed by atoms with Gasteiger partial charge >= 0.3 is 5.97 Å². The van der Waals surface area contributed by atoms with E-state index < -0.39 is 5.97 Å². The Balaban J connectivity index is 1.75. The number of para-hydroxylation sites is 1. The number of amides is 2. The van der Waals surface area contributed by atoms with Crippen molar-refractivity contribution in [2.45, 2.75) is 32.4 Å². The van der Waals surface area contributed by atoms with E-state index in [1.807, 2.05) is 31.2 Å². The summed E-state index contributed by atoms with van der Waals surface area (Å²) in [5.74, 6) is -0.369. The molecule has 2 atom stereocenters. The van der Waals surface area contributed by atoms with Gasteiger partial charge in [0, 0.05) is 34.9 Å². The number of fused-ring (bicyclic) bond motifs is 1. The monoisotopic (exact) mass is 506 g/mol. The number of benzene rings is 3. The molecule has 4 rings (SSSR count). The molecule has 0 unspecified atom stereocenters. The van der Waals surface area contributed by atoms with Gasteiger partial charge in [0.1, 0.15) is 5.75 Å². The minimum atomic E-state index is -0.534. The van der Waals surface area contributed by atoms with Crippen molar-refractivity contribution in [2.24, 2.45) is 0 Å². The van der Waals surface area contributed by atoms with Gasteiger partial charge in [-0.3, -0.25) is 14.4 Å². The molecule has 1 heterocycles. The Morgan fingerprint density at radius 2 is 1.67 bits per heavy atom. The molecule has 3 aromatic carbocycles. The second kappa shape index (κ2) is 10.8. The van der Waals surface area contributed by atoms with Gasteiger partial charge in [-0.2, -0.15) is 0 Å². The van der Waals surface area contributed by atoms with Gasteiger partial charge in [-0.15, -0.1) is 0 Å². The fourth-order valence-electron chi connectivity index (χ4n) is 4.54. The molecule has 2 amide bonds. The van der Waals surface area contributed by atoms with E-state index in [4.69, 9.17) is 21.1 Å². The highest BCUT2D eigenvalue weighted by Gasteiger charge is 2.39. The smallest absolute Gasteiger partial charge is 0.303 e. The molecule has 186 valence electrons. The number of hydrogen-bond donors (Lipinski definition) is 0. The molecule has 0 N–H and O–H groups in total. The third kappa shape index (κ3) is 5.21. The molecule has 8 heteroatoms. The largest absolute Gasteiger partial charge is 0.497 e. The quantitative estimate of drug-likeness (QED) is 0.417. The van der Waals surface area contributed by atoms with Crippen LogP contribution in [0, 0.1) is 0 Å². The lowest BCUT2D eigenvalue weighted by Gasteiger charge is -2.43. The number of rotatable bonds is 6. The molecule has 0 saturated carbocycles. The molecule has 1 aliphatic heterocycles. The molecule has 0 saturated heterocycles. The molecule has 1 aliphatic rings.